The van der Waals surface area contributed by atoms with Crippen LogP contribution in [0, 0.1) is 11.8 Å². The number of nitrogens with two attached hydrogens (primary N) is 1. The lowest BCUT2D eigenvalue weighted by atomic mass is 9.91. The number of piperidine rings is 1. The topological polar surface area (TPSA) is 92.5 Å². The van der Waals surface area contributed by atoms with Crippen LogP contribution in [0.2, 0.25) is 0 Å². The summed E-state index contributed by atoms with van der Waals surface area (Å²) in [6.07, 6.45) is 2.56. The average molecular weight is 432 g/mol. The summed E-state index contributed by atoms with van der Waals surface area (Å²) in [5, 5.41) is 2.85. The molecule has 0 aromatic heterocycles. The van der Waals surface area contributed by atoms with Crippen molar-refractivity contribution in [2.24, 2.45) is 17.6 Å². The third kappa shape index (κ3) is 8.47. The number of hydrogen-bond donors (Lipinski definition) is 2. The Hall–Kier alpha value is -1.15. The molecule has 3 atom stereocenters. The van der Waals surface area contributed by atoms with E-state index in [1.165, 1.54) is 12.0 Å². The Morgan fingerprint density at radius 2 is 1.79 bits per heavy atom. The summed E-state index contributed by atoms with van der Waals surface area (Å²) in [5.41, 5.74) is 8.11. The molecule has 1 aliphatic rings. The second-order valence-corrected chi connectivity index (χ2v) is 10.4. The molecule has 1 saturated heterocycles. The van der Waals surface area contributed by atoms with Crippen molar-refractivity contribution in [3.63, 3.8) is 0 Å². The predicted molar refractivity (Wildman–Crippen MR) is 116 cm³/mol. The van der Waals surface area contributed by atoms with Crippen LogP contribution >= 0.6 is 12.4 Å². The van der Waals surface area contributed by atoms with E-state index in [1.807, 2.05) is 18.2 Å². The van der Waals surface area contributed by atoms with E-state index < -0.39 is 15.9 Å². The SMILES string of the molecule is CC1CC(C)CN(Cc2ccccc2CNC(=O)C(N)CCS(C)(=O)=O)C1.Cl. The van der Waals surface area contributed by atoms with E-state index in [-0.39, 0.29) is 30.5 Å². The van der Waals surface area contributed by atoms with Crippen LogP contribution in [0.15, 0.2) is 24.3 Å². The molecule has 3 unspecified atom stereocenters. The molecule has 6 nitrogen and oxygen atoms in total. The summed E-state index contributed by atoms with van der Waals surface area (Å²) in [4.78, 5) is 14.7. The first-order chi connectivity index (χ1) is 12.6. The van der Waals surface area contributed by atoms with E-state index in [1.54, 1.807) is 0 Å². The number of nitrogens with zero attached hydrogens (tertiary/aromatic N) is 1. The van der Waals surface area contributed by atoms with Gasteiger partial charge >= 0.3 is 0 Å². The minimum absolute atomic E-state index is 0. The lowest BCUT2D eigenvalue weighted by Gasteiger charge is -2.35. The van der Waals surface area contributed by atoms with Gasteiger partial charge in [0.25, 0.3) is 0 Å². The van der Waals surface area contributed by atoms with Crippen LogP contribution in [0.5, 0.6) is 0 Å². The van der Waals surface area contributed by atoms with Crippen molar-refractivity contribution in [1.29, 1.82) is 0 Å². The van der Waals surface area contributed by atoms with Gasteiger partial charge in [-0.05, 0) is 35.8 Å². The third-order valence-electron chi connectivity index (χ3n) is 5.05. The normalized spacial score (nSPS) is 21.6. The van der Waals surface area contributed by atoms with Gasteiger partial charge in [0.05, 0.1) is 11.8 Å². The Balaban J connectivity index is 0.00000392. The lowest BCUT2D eigenvalue weighted by molar-refractivity contribution is -0.122. The van der Waals surface area contributed by atoms with Crippen molar-refractivity contribution in [3.8, 4) is 0 Å². The first-order valence-electron chi connectivity index (χ1n) is 9.64. The Kier molecular flexibility index (Phi) is 9.90. The molecule has 0 saturated carbocycles. The largest absolute Gasteiger partial charge is 0.351 e. The maximum absolute atomic E-state index is 12.2. The highest BCUT2D eigenvalue weighted by molar-refractivity contribution is 7.90. The van der Waals surface area contributed by atoms with E-state index in [9.17, 15) is 13.2 Å². The number of likely N-dealkylation sites (tertiary alicyclic amines) is 1. The number of benzene rings is 1. The molecule has 1 aromatic carbocycles. The molecule has 2 rings (SSSR count). The van der Waals surface area contributed by atoms with Gasteiger partial charge in [0.1, 0.15) is 9.84 Å². The summed E-state index contributed by atoms with van der Waals surface area (Å²) >= 11 is 0. The Labute approximate surface area is 175 Å². The summed E-state index contributed by atoms with van der Waals surface area (Å²) in [5.74, 6) is 1.01. The molecule has 28 heavy (non-hydrogen) atoms. The molecular weight excluding hydrogens is 398 g/mol. The summed E-state index contributed by atoms with van der Waals surface area (Å²) in [6, 6.07) is 7.31. The monoisotopic (exact) mass is 431 g/mol. The maximum Gasteiger partial charge on any atom is 0.237 e. The fourth-order valence-corrected chi connectivity index (χ4v) is 4.51. The number of carbonyl (C=O) groups is 1. The molecule has 160 valence electrons. The zero-order valence-corrected chi connectivity index (χ0v) is 18.7. The highest BCUT2D eigenvalue weighted by Crippen LogP contribution is 2.23. The lowest BCUT2D eigenvalue weighted by Crippen LogP contribution is -2.41. The van der Waals surface area contributed by atoms with Crippen molar-refractivity contribution < 1.29 is 13.2 Å². The molecule has 0 radical (unpaired) electrons. The standard InChI is InChI=1S/C20H33N3O3S.ClH/c1-15-10-16(2)13-23(12-15)14-18-7-5-4-6-17(18)11-22-20(24)19(21)8-9-27(3,25)26;/h4-7,15-16,19H,8-14,21H2,1-3H3,(H,22,24);1H. The molecule has 3 N–H and O–H groups in total. The van der Waals surface area contributed by atoms with Crippen LogP contribution in [0.1, 0.15) is 37.8 Å². The molecule has 0 spiro atoms. The Morgan fingerprint density at radius 3 is 2.36 bits per heavy atom. The molecule has 8 heteroatoms. The van der Waals surface area contributed by atoms with Gasteiger partial charge in [-0.3, -0.25) is 9.69 Å². The van der Waals surface area contributed by atoms with Crippen LogP contribution in [-0.4, -0.2) is 50.4 Å². The van der Waals surface area contributed by atoms with Gasteiger partial charge < -0.3 is 11.1 Å². The van der Waals surface area contributed by atoms with Crippen LogP contribution in [0.4, 0.5) is 0 Å². The van der Waals surface area contributed by atoms with Gasteiger partial charge in [-0.25, -0.2) is 8.42 Å². The number of halogens is 1. The minimum Gasteiger partial charge on any atom is -0.351 e. The Bertz CT molecular complexity index is 732. The molecule has 1 aromatic rings. The van der Waals surface area contributed by atoms with Crippen molar-refractivity contribution in [2.45, 2.75) is 45.8 Å². The van der Waals surface area contributed by atoms with Crippen LogP contribution in [-0.2, 0) is 27.7 Å². The fourth-order valence-electron chi connectivity index (χ4n) is 3.83. The number of amides is 1. The molecule has 1 amide bonds. The van der Waals surface area contributed by atoms with Gasteiger partial charge in [0.15, 0.2) is 0 Å². The number of nitrogens with one attached hydrogen (secondary N) is 1. The molecule has 0 bridgehead atoms. The summed E-state index contributed by atoms with van der Waals surface area (Å²) < 4.78 is 22.5. The highest BCUT2D eigenvalue weighted by Gasteiger charge is 2.22. The predicted octanol–water partition coefficient (Wildman–Crippen LogP) is 1.96. The maximum atomic E-state index is 12.2. The van der Waals surface area contributed by atoms with Crippen molar-refractivity contribution in [1.82, 2.24) is 10.2 Å². The fraction of sp³-hybridized carbons (Fsp3) is 0.650. The Morgan fingerprint density at radius 1 is 1.21 bits per heavy atom. The van der Waals surface area contributed by atoms with Crippen molar-refractivity contribution >= 4 is 28.2 Å². The van der Waals surface area contributed by atoms with E-state index in [2.05, 4.69) is 30.1 Å². The molecule has 1 aliphatic heterocycles. The molecule has 1 heterocycles. The van der Waals surface area contributed by atoms with Gasteiger partial charge in [-0.1, -0.05) is 38.1 Å². The number of rotatable bonds is 8. The van der Waals surface area contributed by atoms with Crippen LogP contribution in [0.3, 0.4) is 0 Å². The smallest absolute Gasteiger partial charge is 0.237 e. The van der Waals surface area contributed by atoms with E-state index in [4.69, 9.17) is 5.73 Å². The summed E-state index contributed by atoms with van der Waals surface area (Å²) in [6.45, 7) is 8.07. The second kappa shape index (κ2) is 11.1. The number of hydrogen-bond acceptors (Lipinski definition) is 5. The molecule has 1 fully saturated rings. The van der Waals surface area contributed by atoms with E-state index in [0.717, 1.165) is 31.5 Å². The minimum atomic E-state index is -3.12. The zero-order chi connectivity index (χ0) is 20.0. The highest BCUT2D eigenvalue weighted by atomic mass is 35.5. The first-order valence-corrected chi connectivity index (χ1v) is 11.7. The van der Waals surface area contributed by atoms with Gasteiger partial charge in [-0.2, -0.15) is 0 Å². The van der Waals surface area contributed by atoms with Crippen LogP contribution in [0.25, 0.3) is 0 Å². The second-order valence-electron chi connectivity index (χ2n) is 8.15. The number of sulfone groups is 1. The number of carbonyl (C=O) groups excluding carboxylic acids is 1. The van der Waals surface area contributed by atoms with Gasteiger partial charge in [0, 0.05) is 32.4 Å². The molecular formula is C20H34ClN3O3S. The van der Waals surface area contributed by atoms with Crippen LogP contribution < -0.4 is 11.1 Å². The summed E-state index contributed by atoms with van der Waals surface area (Å²) in [7, 11) is -3.12. The third-order valence-corrected chi connectivity index (χ3v) is 6.02. The van der Waals surface area contributed by atoms with E-state index in [0.29, 0.717) is 18.4 Å². The molecule has 0 aliphatic carbocycles. The quantitative estimate of drug-likeness (QED) is 0.656. The van der Waals surface area contributed by atoms with E-state index >= 15 is 0 Å². The first kappa shape index (κ1) is 24.9. The van der Waals surface area contributed by atoms with Gasteiger partial charge in [-0.15, -0.1) is 12.4 Å². The van der Waals surface area contributed by atoms with Gasteiger partial charge in [0.2, 0.25) is 5.91 Å². The van der Waals surface area contributed by atoms with Crippen molar-refractivity contribution in [3.05, 3.63) is 35.4 Å². The zero-order valence-electron chi connectivity index (χ0n) is 17.1. The average Bonchev–Trinajstić information content (AvgIpc) is 2.57. The van der Waals surface area contributed by atoms with Crippen molar-refractivity contribution in [2.75, 3.05) is 25.1 Å².